The molecule has 0 aliphatic rings. The smallest absolute Gasteiger partial charge is 0.307 e. The molecule has 5 aromatic carbocycles. The molecule has 4 nitrogen and oxygen atoms in total. The van der Waals surface area contributed by atoms with Crippen LogP contribution in [0.3, 0.4) is 0 Å². The summed E-state index contributed by atoms with van der Waals surface area (Å²) in [5, 5.41) is 12.9. The molecule has 0 bridgehead atoms. The Labute approximate surface area is 268 Å². The first kappa shape index (κ1) is 29.3. The Kier molecular flexibility index (Phi) is 6.40. The van der Waals surface area contributed by atoms with E-state index in [4.69, 9.17) is 0 Å². The van der Waals surface area contributed by atoms with Gasteiger partial charge in [-0.2, -0.15) is 31.6 Å². The minimum absolute atomic E-state index is 0.217. The van der Waals surface area contributed by atoms with Crippen molar-refractivity contribution in [2.75, 3.05) is 0 Å². The van der Waals surface area contributed by atoms with Gasteiger partial charge in [-0.05, 0) is 66.2 Å². The maximum atomic E-state index is 14.1. The number of nitrogens with zero attached hydrogens (tertiary/aromatic N) is 4. The molecule has 0 aliphatic heterocycles. The van der Waals surface area contributed by atoms with Gasteiger partial charge in [-0.1, -0.05) is 48.5 Å². The molecule has 234 valence electrons. The topological polar surface area (TPSA) is 46.5 Å². The number of alkyl halides is 6. The van der Waals surface area contributed by atoms with Gasteiger partial charge in [0.05, 0.1) is 56.2 Å². The average Bonchev–Trinajstić information content (AvgIpc) is 3.59. The summed E-state index contributed by atoms with van der Waals surface area (Å²) in [6.45, 7) is 0. The van der Waals surface area contributed by atoms with E-state index >= 15 is 0 Å². The second-order valence-electron chi connectivity index (χ2n) is 11.4. The normalized spacial score (nSPS) is 12.4. The molecule has 0 unspecified atom stereocenters. The molecule has 0 amide bonds. The maximum absolute atomic E-state index is 14.1. The lowest BCUT2D eigenvalue weighted by Gasteiger charge is -2.20. The third kappa shape index (κ3) is 4.50. The molecule has 8 aromatic rings. The van der Waals surface area contributed by atoms with E-state index in [1.54, 1.807) is 88.3 Å². The Hall–Kier alpha value is -6.08. The zero-order chi connectivity index (χ0) is 33.4. The van der Waals surface area contributed by atoms with Gasteiger partial charge in [0, 0.05) is 39.5 Å². The molecule has 8 rings (SSSR count). The molecular weight excluding hydrogens is 626 g/mol. The first-order valence-corrected chi connectivity index (χ1v) is 14.7. The van der Waals surface area contributed by atoms with Gasteiger partial charge in [-0.15, -0.1) is 0 Å². The number of pyridine rings is 1. The molecule has 0 fully saturated rings. The van der Waals surface area contributed by atoms with Crippen LogP contribution < -0.4 is 0 Å². The Morgan fingerprint density at radius 3 is 1.46 bits per heavy atom. The number of para-hydroxylation sites is 2. The lowest BCUT2D eigenvalue weighted by atomic mass is 9.99. The van der Waals surface area contributed by atoms with Gasteiger partial charge in [0.25, 0.3) is 0 Å². The van der Waals surface area contributed by atoms with Crippen molar-refractivity contribution >= 4 is 43.6 Å². The molecule has 3 heterocycles. The monoisotopic (exact) mass is 646 g/mol. The largest absolute Gasteiger partial charge is 0.416 e. The number of hydrogen-bond acceptors (Lipinski definition) is 2. The molecule has 0 saturated heterocycles. The summed E-state index contributed by atoms with van der Waals surface area (Å²) in [6.07, 6.45) is -6.15. The van der Waals surface area contributed by atoms with Crippen molar-refractivity contribution in [2.45, 2.75) is 12.4 Å². The van der Waals surface area contributed by atoms with Crippen LogP contribution in [0.5, 0.6) is 0 Å². The highest BCUT2D eigenvalue weighted by Gasteiger charge is 2.33. The van der Waals surface area contributed by atoms with Crippen LogP contribution in [-0.2, 0) is 12.4 Å². The van der Waals surface area contributed by atoms with Crippen LogP contribution in [0.25, 0.3) is 66.1 Å². The summed E-state index contributed by atoms with van der Waals surface area (Å²) in [6, 6.07) is 30.3. The second kappa shape index (κ2) is 10.5. The minimum atomic E-state index is -4.64. The molecule has 0 radical (unpaired) electrons. The summed E-state index contributed by atoms with van der Waals surface area (Å²) >= 11 is 0. The lowest BCUT2D eigenvalue weighted by molar-refractivity contribution is -0.138. The standard InChI is InChI=1S/C38H20F6N4/c39-37(40,41)24-9-11-28-26-5-1-3-7-31(26)47(33(28)18-24)35-17-23(21-45)30(22-13-15-46-16-14-22)20-36(35)48-32-8-4-2-6-27(32)29-12-10-25(19-34(29)48)38(42,43)44/h1-20H. The molecule has 0 spiro atoms. The van der Waals surface area contributed by atoms with Crippen LogP contribution in [0.15, 0.2) is 122 Å². The average molecular weight is 647 g/mol. The number of fused-ring (bicyclic) bond motifs is 6. The fraction of sp³-hybridized carbons (Fsp3) is 0.0526. The zero-order valence-electron chi connectivity index (χ0n) is 24.6. The number of benzene rings is 5. The van der Waals surface area contributed by atoms with Crippen molar-refractivity contribution in [3.63, 3.8) is 0 Å². The minimum Gasteiger partial charge on any atom is -0.307 e. The van der Waals surface area contributed by atoms with Crippen molar-refractivity contribution in [1.29, 1.82) is 5.26 Å². The summed E-state index contributed by atoms with van der Waals surface area (Å²) < 4.78 is 88.0. The number of hydrogen-bond donors (Lipinski definition) is 0. The van der Waals surface area contributed by atoms with Gasteiger partial charge in [0.15, 0.2) is 0 Å². The Morgan fingerprint density at radius 2 is 0.979 bits per heavy atom. The van der Waals surface area contributed by atoms with Gasteiger partial charge in [-0.3, -0.25) is 4.98 Å². The van der Waals surface area contributed by atoms with E-state index in [2.05, 4.69) is 11.1 Å². The highest BCUT2D eigenvalue weighted by Crippen LogP contribution is 2.43. The van der Waals surface area contributed by atoms with E-state index in [-0.39, 0.29) is 16.6 Å². The number of halogens is 6. The van der Waals surface area contributed by atoms with E-state index in [0.717, 1.165) is 24.3 Å². The zero-order valence-corrected chi connectivity index (χ0v) is 24.6. The van der Waals surface area contributed by atoms with Crippen LogP contribution in [0.1, 0.15) is 16.7 Å². The highest BCUT2D eigenvalue weighted by atomic mass is 19.4. The predicted octanol–water partition coefficient (Wildman–Crippen LogP) is 10.9. The van der Waals surface area contributed by atoms with E-state index in [1.807, 2.05) is 6.07 Å². The van der Waals surface area contributed by atoms with Gasteiger partial charge >= 0.3 is 12.4 Å². The predicted molar refractivity (Wildman–Crippen MR) is 173 cm³/mol. The first-order chi connectivity index (χ1) is 23.0. The first-order valence-electron chi connectivity index (χ1n) is 14.7. The third-order valence-corrected chi connectivity index (χ3v) is 8.71. The van der Waals surface area contributed by atoms with E-state index in [1.165, 1.54) is 12.1 Å². The molecule has 0 aliphatic carbocycles. The highest BCUT2D eigenvalue weighted by molar-refractivity contribution is 6.12. The Balaban J connectivity index is 1.59. The number of nitriles is 1. The quantitative estimate of drug-likeness (QED) is 0.179. The lowest BCUT2D eigenvalue weighted by Crippen LogP contribution is -2.08. The van der Waals surface area contributed by atoms with Gasteiger partial charge in [0.1, 0.15) is 0 Å². The van der Waals surface area contributed by atoms with Crippen LogP contribution >= 0.6 is 0 Å². The molecule has 48 heavy (non-hydrogen) atoms. The molecule has 0 N–H and O–H groups in total. The maximum Gasteiger partial charge on any atom is 0.416 e. The van der Waals surface area contributed by atoms with Crippen LogP contribution in [-0.4, -0.2) is 14.1 Å². The summed E-state index contributed by atoms with van der Waals surface area (Å²) in [5.74, 6) is 0. The fourth-order valence-corrected chi connectivity index (χ4v) is 6.61. The summed E-state index contributed by atoms with van der Waals surface area (Å²) in [7, 11) is 0. The van der Waals surface area contributed by atoms with Crippen LogP contribution in [0.4, 0.5) is 26.3 Å². The van der Waals surface area contributed by atoms with Gasteiger partial charge in [0.2, 0.25) is 0 Å². The number of rotatable bonds is 3. The third-order valence-electron chi connectivity index (χ3n) is 8.71. The van der Waals surface area contributed by atoms with E-state index in [0.29, 0.717) is 55.1 Å². The Bertz CT molecular complexity index is 2600. The molecular formula is C38H20F6N4. The summed E-state index contributed by atoms with van der Waals surface area (Å²) in [5.41, 5.74) is 1.91. The molecule has 0 saturated carbocycles. The fourth-order valence-electron chi connectivity index (χ4n) is 6.61. The van der Waals surface area contributed by atoms with Crippen molar-refractivity contribution in [3.05, 3.63) is 138 Å². The number of aromatic nitrogens is 3. The SMILES string of the molecule is N#Cc1cc(-n2c3ccccc3c3ccc(C(F)(F)F)cc32)c(-n2c3ccccc3c3ccc(C(F)(F)F)cc32)cc1-c1ccncc1. The van der Waals surface area contributed by atoms with Crippen molar-refractivity contribution in [1.82, 2.24) is 14.1 Å². The summed E-state index contributed by atoms with van der Waals surface area (Å²) in [4.78, 5) is 4.08. The van der Waals surface area contributed by atoms with Crippen LogP contribution in [0.2, 0.25) is 0 Å². The molecule has 3 aromatic heterocycles. The van der Waals surface area contributed by atoms with E-state index < -0.39 is 23.5 Å². The van der Waals surface area contributed by atoms with Crippen LogP contribution in [0, 0.1) is 11.3 Å². The van der Waals surface area contributed by atoms with Crippen molar-refractivity contribution in [2.24, 2.45) is 0 Å². The molecule has 0 atom stereocenters. The Morgan fingerprint density at radius 1 is 0.521 bits per heavy atom. The van der Waals surface area contributed by atoms with Gasteiger partial charge in [-0.25, -0.2) is 0 Å². The second-order valence-corrected chi connectivity index (χ2v) is 11.4. The van der Waals surface area contributed by atoms with Crippen molar-refractivity contribution < 1.29 is 26.3 Å². The van der Waals surface area contributed by atoms with Crippen molar-refractivity contribution in [3.8, 4) is 28.6 Å². The van der Waals surface area contributed by atoms with Gasteiger partial charge < -0.3 is 9.13 Å². The van der Waals surface area contributed by atoms with E-state index in [9.17, 15) is 31.6 Å². The molecule has 10 heteroatoms.